The molecule has 3 aromatic rings. The van der Waals surface area contributed by atoms with Gasteiger partial charge in [-0.2, -0.15) is 5.10 Å². The van der Waals surface area contributed by atoms with Crippen LogP contribution in [0.25, 0.3) is 11.0 Å². The Morgan fingerprint density at radius 1 is 1.19 bits per heavy atom. The zero-order valence-corrected chi connectivity index (χ0v) is 15.1. The van der Waals surface area contributed by atoms with Gasteiger partial charge in [0.25, 0.3) is 0 Å². The lowest BCUT2D eigenvalue weighted by atomic mass is 9.91. The van der Waals surface area contributed by atoms with Crippen molar-refractivity contribution in [1.29, 1.82) is 0 Å². The number of amides is 1. The third-order valence-electron chi connectivity index (χ3n) is 5.46. The zero-order chi connectivity index (χ0) is 17.9. The van der Waals surface area contributed by atoms with Crippen LogP contribution in [0.4, 0.5) is 0 Å². The molecule has 1 aliphatic rings. The van der Waals surface area contributed by atoms with Gasteiger partial charge in [-0.3, -0.25) is 9.48 Å². The Balaban J connectivity index is 1.28. The topological polar surface area (TPSA) is 64.7 Å². The molecule has 0 saturated heterocycles. The van der Waals surface area contributed by atoms with E-state index in [1.165, 1.54) is 5.39 Å². The van der Waals surface area contributed by atoms with Crippen molar-refractivity contribution < 1.29 is 4.79 Å². The smallest absolute Gasteiger partial charge is 0.220 e. The van der Waals surface area contributed by atoms with Gasteiger partial charge in [0.1, 0.15) is 5.65 Å². The van der Waals surface area contributed by atoms with Crippen LogP contribution in [0.5, 0.6) is 0 Å². The molecular formula is C20H25N5O. The first-order valence-corrected chi connectivity index (χ1v) is 9.38. The number of nitrogens with zero attached hydrogens (tertiary/aromatic N) is 4. The van der Waals surface area contributed by atoms with Crippen LogP contribution in [-0.2, 0) is 18.3 Å². The van der Waals surface area contributed by atoms with Gasteiger partial charge in [0, 0.05) is 55.2 Å². The minimum atomic E-state index is 0.141. The van der Waals surface area contributed by atoms with Crippen LogP contribution in [0, 0.1) is 0 Å². The third-order valence-corrected chi connectivity index (χ3v) is 5.46. The number of carbonyl (C=O) groups is 1. The molecule has 1 fully saturated rings. The predicted octanol–water partition coefficient (Wildman–Crippen LogP) is 3.00. The summed E-state index contributed by atoms with van der Waals surface area (Å²) in [7, 11) is 1.91. The molecule has 0 radical (unpaired) electrons. The monoisotopic (exact) mass is 351 g/mol. The van der Waals surface area contributed by atoms with E-state index in [-0.39, 0.29) is 5.91 Å². The highest BCUT2D eigenvalue weighted by Gasteiger charge is 2.24. The normalized spacial score (nSPS) is 20.3. The van der Waals surface area contributed by atoms with Gasteiger partial charge in [0.15, 0.2) is 0 Å². The summed E-state index contributed by atoms with van der Waals surface area (Å²) in [5, 5.41) is 8.54. The molecule has 0 atom stereocenters. The molecule has 0 aliphatic heterocycles. The SMILES string of the molecule is Cn1nccc1CCC(=O)NC1CCC(n2ccc3cccnc32)CC1. The van der Waals surface area contributed by atoms with Gasteiger partial charge in [0.2, 0.25) is 5.91 Å². The number of aromatic nitrogens is 4. The summed E-state index contributed by atoms with van der Waals surface area (Å²) in [5.41, 5.74) is 2.16. The summed E-state index contributed by atoms with van der Waals surface area (Å²) in [4.78, 5) is 16.8. The highest BCUT2D eigenvalue weighted by Crippen LogP contribution is 2.31. The van der Waals surface area contributed by atoms with E-state index in [9.17, 15) is 4.79 Å². The highest BCUT2D eigenvalue weighted by atomic mass is 16.1. The number of nitrogens with one attached hydrogen (secondary N) is 1. The van der Waals surface area contributed by atoms with Crippen LogP contribution in [-0.4, -0.2) is 31.3 Å². The fourth-order valence-electron chi connectivity index (χ4n) is 3.97. The largest absolute Gasteiger partial charge is 0.353 e. The molecule has 0 unspecified atom stereocenters. The fraction of sp³-hybridized carbons (Fsp3) is 0.450. The Labute approximate surface area is 153 Å². The number of rotatable bonds is 5. The van der Waals surface area contributed by atoms with Crippen LogP contribution in [0.15, 0.2) is 42.9 Å². The van der Waals surface area contributed by atoms with Gasteiger partial charge in [-0.1, -0.05) is 0 Å². The average Bonchev–Trinajstić information content (AvgIpc) is 3.27. The van der Waals surface area contributed by atoms with E-state index in [2.05, 4.69) is 38.3 Å². The molecule has 3 heterocycles. The number of fused-ring (bicyclic) bond motifs is 1. The number of hydrogen-bond acceptors (Lipinski definition) is 3. The predicted molar refractivity (Wildman–Crippen MR) is 101 cm³/mol. The molecule has 0 bridgehead atoms. The van der Waals surface area contributed by atoms with E-state index in [1.54, 1.807) is 6.20 Å². The number of aryl methyl sites for hydroxylation is 2. The summed E-state index contributed by atoms with van der Waals surface area (Å²) < 4.78 is 4.13. The van der Waals surface area contributed by atoms with Crippen molar-refractivity contribution in [2.45, 2.75) is 50.6 Å². The fourth-order valence-corrected chi connectivity index (χ4v) is 3.97. The molecule has 4 rings (SSSR count). The molecule has 1 amide bonds. The van der Waals surface area contributed by atoms with E-state index in [0.29, 0.717) is 18.5 Å². The molecule has 6 nitrogen and oxygen atoms in total. The Morgan fingerprint density at radius 2 is 2.04 bits per heavy atom. The van der Waals surface area contributed by atoms with Crippen LogP contribution in [0.3, 0.4) is 0 Å². The Kier molecular flexibility index (Phi) is 4.73. The Morgan fingerprint density at radius 3 is 2.81 bits per heavy atom. The molecule has 1 saturated carbocycles. The van der Waals surface area contributed by atoms with Gasteiger partial charge < -0.3 is 9.88 Å². The van der Waals surface area contributed by atoms with E-state index in [4.69, 9.17) is 0 Å². The van der Waals surface area contributed by atoms with E-state index in [0.717, 1.165) is 43.4 Å². The summed E-state index contributed by atoms with van der Waals surface area (Å²) in [6.07, 6.45) is 11.2. The quantitative estimate of drug-likeness (QED) is 0.768. The number of hydrogen-bond donors (Lipinski definition) is 1. The van der Waals surface area contributed by atoms with Crippen molar-refractivity contribution in [2.75, 3.05) is 0 Å². The average molecular weight is 351 g/mol. The van der Waals surface area contributed by atoms with E-state index < -0.39 is 0 Å². The highest BCUT2D eigenvalue weighted by molar-refractivity contribution is 5.76. The van der Waals surface area contributed by atoms with Crippen molar-refractivity contribution in [1.82, 2.24) is 24.6 Å². The zero-order valence-electron chi connectivity index (χ0n) is 15.1. The van der Waals surface area contributed by atoms with Gasteiger partial charge in [0.05, 0.1) is 0 Å². The summed E-state index contributed by atoms with van der Waals surface area (Å²) in [5.74, 6) is 0.141. The lowest BCUT2D eigenvalue weighted by Crippen LogP contribution is -2.38. The number of pyridine rings is 1. The first-order valence-electron chi connectivity index (χ1n) is 9.38. The second-order valence-corrected chi connectivity index (χ2v) is 7.16. The molecule has 3 aromatic heterocycles. The lowest BCUT2D eigenvalue weighted by molar-refractivity contribution is -0.122. The first kappa shape index (κ1) is 16.8. The molecule has 1 aliphatic carbocycles. The maximum atomic E-state index is 12.2. The summed E-state index contributed by atoms with van der Waals surface area (Å²) >= 11 is 0. The van der Waals surface area contributed by atoms with Crippen molar-refractivity contribution in [3.63, 3.8) is 0 Å². The molecule has 0 aromatic carbocycles. The molecule has 6 heteroatoms. The van der Waals surface area contributed by atoms with Crippen LogP contribution in [0.1, 0.15) is 43.8 Å². The maximum absolute atomic E-state index is 12.2. The lowest BCUT2D eigenvalue weighted by Gasteiger charge is -2.30. The molecule has 0 spiro atoms. The van der Waals surface area contributed by atoms with Gasteiger partial charge >= 0.3 is 0 Å². The first-order chi connectivity index (χ1) is 12.7. The van der Waals surface area contributed by atoms with Gasteiger partial charge in [-0.15, -0.1) is 0 Å². The second-order valence-electron chi connectivity index (χ2n) is 7.16. The third kappa shape index (κ3) is 3.49. The Hall–Kier alpha value is -2.63. The molecule has 26 heavy (non-hydrogen) atoms. The molecule has 136 valence electrons. The number of carbonyl (C=O) groups excluding carboxylic acids is 1. The van der Waals surface area contributed by atoms with Gasteiger partial charge in [-0.05, 0) is 56.4 Å². The van der Waals surface area contributed by atoms with Crippen LogP contribution >= 0.6 is 0 Å². The van der Waals surface area contributed by atoms with Crippen LogP contribution < -0.4 is 5.32 Å². The maximum Gasteiger partial charge on any atom is 0.220 e. The van der Waals surface area contributed by atoms with Gasteiger partial charge in [-0.25, -0.2) is 4.98 Å². The summed E-state index contributed by atoms with van der Waals surface area (Å²) in [6.45, 7) is 0. The second kappa shape index (κ2) is 7.32. The van der Waals surface area contributed by atoms with Crippen molar-refractivity contribution in [3.8, 4) is 0 Å². The molecule has 1 N–H and O–H groups in total. The van der Waals surface area contributed by atoms with E-state index >= 15 is 0 Å². The minimum Gasteiger partial charge on any atom is -0.353 e. The van der Waals surface area contributed by atoms with Crippen molar-refractivity contribution in [3.05, 3.63) is 48.5 Å². The molecular weight excluding hydrogens is 326 g/mol. The van der Waals surface area contributed by atoms with E-state index in [1.807, 2.05) is 30.1 Å². The van der Waals surface area contributed by atoms with Crippen LogP contribution in [0.2, 0.25) is 0 Å². The van der Waals surface area contributed by atoms with Crippen molar-refractivity contribution >= 4 is 16.9 Å². The minimum absolute atomic E-state index is 0.141. The van der Waals surface area contributed by atoms with Crippen molar-refractivity contribution in [2.24, 2.45) is 7.05 Å². The standard InChI is InChI=1S/C20H25N5O/c1-24-17(10-13-22-24)8-9-19(26)23-16-4-6-18(7-5-16)25-14-11-15-3-2-12-21-20(15)25/h2-3,10-14,16,18H,4-9H2,1H3,(H,23,26). The summed E-state index contributed by atoms with van der Waals surface area (Å²) in [6, 6.07) is 8.95. The Bertz CT molecular complexity index is 888.